The van der Waals surface area contributed by atoms with Crippen LogP contribution in [0.2, 0.25) is 0 Å². The predicted molar refractivity (Wildman–Crippen MR) is 109 cm³/mol. The van der Waals surface area contributed by atoms with E-state index in [0.717, 1.165) is 56.6 Å². The molecule has 3 amide bonds. The lowest BCUT2D eigenvalue weighted by Crippen LogP contribution is -2.49. The third kappa shape index (κ3) is 3.80. The first-order chi connectivity index (χ1) is 14.1. The van der Waals surface area contributed by atoms with Crippen LogP contribution in [0.15, 0.2) is 12.1 Å². The average Bonchev–Trinajstić information content (AvgIpc) is 2.93. The summed E-state index contributed by atoms with van der Waals surface area (Å²) in [5.41, 5.74) is 1.76. The lowest BCUT2D eigenvalue weighted by Gasteiger charge is -2.33. The van der Waals surface area contributed by atoms with Crippen molar-refractivity contribution in [3.63, 3.8) is 0 Å². The molecule has 4 rings (SSSR count). The summed E-state index contributed by atoms with van der Waals surface area (Å²) in [4.78, 5) is 29.2. The molecule has 1 saturated carbocycles. The number of fused-ring (bicyclic) bond motifs is 1. The number of amides is 3. The fourth-order valence-electron chi connectivity index (χ4n) is 4.78. The number of rotatable bonds is 6. The maximum atomic E-state index is 13.0. The highest BCUT2D eigenvalue weighted by molar-refractivity contribution is 6.07. The number of imide groups is 1. The summed E-state index contributed by atoms with van der Waals surface area (Å²) in [6, 6.07) is 3.88. The zero-order valence-corrected chi connectivity index (χ0v) is 17.5. The number of nitrogens with one attached hydrogen (secondary N) is 1. The number of nitrogens with zero attached hydrogens (tertiary/aromatic N) is 2. The summed E-state index contributed by atoms with van der Waals surface area (Å²) in [6.45, 7) is 6.92. The maximum absolute atomic E-state index is 13.0. The summed E-state index contributed by atoms with van der Waals surface area (Å²) in [5.74, 6) is 1.50. The van der Waals surface area contributed by atoms with Crippen molar-refractivity contribution in [1.82, 2.24) is 15.1 Å². The molecular weight excluding hydrogens is 370 g/mol. The van der Waals surface area contributed by atoms with Crippen LogP contribution in [0.25, 0.3) is 0 Å². The van der Waals surface area contributed by atoms with E-state index in [1.54, 1.807) is 0 Å². The lowest BCUT2D eigenvalue weighted by molar-refractivity contribution is -0.134. The second kappa shape index (κ2) is 8.22. The standard InChI is InChI=1S/C22H31N3O4/c1-3-28-18-12-16-8-11-24(14-17(16)13-19(18)29-4-2)15-25-20(26)22(23-21(25)27)9-6-5-7-10-22/h12-13H,3-11,14-15H2,1-2H3,(H,23,27). The molecule has 0 radical (unpaired) electrons. The van der Waals surface area contributed by atoms with Crippen LogP contribution in [0.4, 0.5) is 4.79 Å². The Labute approximate surface area is 172 Å². The molecule has 1 saturated heterocycles. The Balaban J connectivity index is 1.48. The Hall–Kier alpha value is -2.28. The molecule has 2 heterocycles. The van der Waals surface area contributed by atoms with Gasteiger partial charge in [-0.05, 0) is 56.4 Å². The minimum Gasteiger partial charge on any atom is -0.490 e. The Kier molecular flexibility index (Phi) is 5.67. The molecule has 2 aliphatic heterocycles. The van der Waals surface area contributed by atoms with E-state index in [1.807, 2.05) is 19.9 Å². The number of hydrogen-bond donors (Lipinski definition) is 1. The van der Waals surface area contributed by atoms with E-state index in [0.29, 0.717) is 26.4 Å². The molecule has 2 fully saturated rings. The van der Waals surface area contributed by atoms with Gasteiger partial charge in [-0.3, -0.25) is 9.69 Å². The van der Waals surface area contributed by atoms with Crippen LogP contribution < -0.4 is 14.8 Å². The molecule has 7 heteroatoms. The van der Waals surface area contributed by atoms with E-state index in [9.17, 15) is 9.59 Å². The molecule has 1 aliphatic carbocycles. The predicted octanol–water partition coefficient (Wildman–Crippen LogP) is 3.05. The third-order valence-electron chi connectivity index (χ3n) is 6.25. The highest BCUT2D eigenvalue weighted by Gasteiger charge is 2.51. The van der Waals surface area contributed by atoms with Gasteiger partial charge in [0.1, 0.15) is 5.54 Å². The molecule has 0 atom stereocenters. The van der Waals surface area contributed by atoms with Gasteiger partial charge in [-0.15, -0.1) is 0 Å². The van der Waals surface area contributed by atoms with Crippen molar-refractivity contribution in [3.05, 3.63) is 23.3 Å². The molecule has 29 heavy (non-hydrogen) atoms. The summed E-state index contributed by atoms with van der Waals surface area (Å²) in [6.07, 6.45) is 5.51. The topological polar surface area (TPSA) is 71.1 Å². The van der Waals surface area contributed by atoms with Crippen LogP contribution >= 0.6 is 0 Å². The van der Waals surface area contributed by atoms with Crippen LogP contribution in [-0.2, 0) is 17.8 Å². The lowest BCUT2D eigenvalue weighted by atomic mass is 9.82. The van der Waals surface area contributed by atoms with Crippen LogP contribution in [-0.4, -0.2) is 53.7 Å². The molecule has 0 unspecified atom stereocenters. The molecule has 0 aromatic heterocycles. The number of hydrogen-bond acceptors (Lipinski definition) is 5. The number of carbonyl (C=O) groups excluding carboxylic acids is 2. The molecular formula is C22H31N3O4. The number of urea groups is 1. The first kappa shape index (κ1) is 20.0. The molecule has 1 aromatic rings. The van der Waals surface area contributed by atoms with E-state index in [4.69, 9.17) is 9.47 Å². The van der Waals surface area contributed by atoms with E-state index >= 15 is 0 Å². The summed E-state index contributed by atoms with van der Waals surface area (Å²) < 4.78 is 11.5. The first-order valence-electron chi connectivity index (χ1n) is 10.8. The van der Waals surface area contributed by atoms with Crippen molar-refractivity contribution in [2.45, 2.75) is 64.5 Å². The quantitative estimate of drug-likeness (QED) is 0.742. The second-order valence-electron chi connectivity index (χ2n) is 8.18. The van der Waals surface area contributed by atoms with E-state index in [2.05, 4.69) is 16.3 Å². The van der Waals surface area contributed by atoms with Crippen molar-refractivity contribution in [1.29, 1.82) is 0 Å². The minimum absolute atomic E-state index is 0.0466. The summed E-state index contributed by atoms with van der Waals surface area (Å²) >= 11 is 0. The Morgan fingerprint density at radius 1 is 1.00 bits per heavy atom. The monoisotopic (exact) mass is 401 g/mol. The van der Waals surface area contributed by atoms with E-state index in [-0.39, 0.29) is 11.9 Å². The Morgan fingerprint density at radius 2 is 1.66 bits per heavy atom. The van der Waals surface area contributed by atoms with Gasteiger partial charge in [-0.25, -0.2) is 9.69 Å². The smallest absolute Gasteiger partial charge is 0.326 e. The van der Waals surface area contributed by atoms with Crippen molar-refractivity contribution < 1.29 is 19.1 Å². The summed E-state index contributed by atoms with van der Waals surface area (Å²) in [7, 11) is 0. The average molecular weight is 402 g/mol. The molecule has 1 aromatic carbocycles. The SMILES string of the molecule is CCOc1cc2c(cc1OCC)CN(CN1C(=O)NC3(CCCCC3)C1=O)CC2. The summed E-state index contributed by atoms with van der Waals surface area (Å²) in [5, 5.41) is 3.00. The molecule has 158 valence electrons. The van der Waals surface area contributed by atoms with Crippen molar-refractivity contribution in [3.8, 4) is 11.5 Å². The molecule has 1 N–H and O–H groups in total. The Morgan fingerprint density at radius 3 is 2.31 bits per heavy atom. The van der Waals surface area contributed by atoms with E-state index in [1.165, 1.54) is 16.0 Å². The largest absolute Gasteiger partial charge is 0.490 e. The number of ether oxygens (including phenoxy) is 2. The minimum atomic E-state index is -0.655. The normalized spacial score (nSPS) is 21.2. The van der Waals surface area contributed by atoms with Gasteiger partial charge in [-0.1, -0.05) is 19.3 Å². The zero-order chi connectivity index (χ0) is 20.4. The van der Waals surface area contributed by atoms with Crippen LogP contribution in [0.5, 0.6) is 11.5 Å². The third-order valence-corrected chi connectivity index (χ3v) is 6.25. The first-order valence-corrected chi connectivity index (χ1v) is 10.8. The van der Waals surface area contributed by atoms with Crippen molar-refractivity contribution in [2.75, 3.05) is 26.4 Å². The van der Waals surface area contributed by atoms with Crippen LogP contribution in [0.1, 0.15) is 57.1 Å². The molecule has 1 spiro atoms. The van der Waals surface area contributed by atoms with E-state index < -0.39 is 5.54 Å². The van der Waals surface area contributed by atoms with Crippen LogP contribution in [0, 0.1) is 0 Å². The number of benzene rings is 1. The van der Waals surface area contributed by atoms with Gasteiger partial charge in [0.2, 0.25) is 0 Å². The van der Waals surface area contributed by atoms with Crippen molar-refractivity contribution >= 4 is 11.9 Å². The molecule has 3 aliphatic rings. The highest BCUT2D eigenvalue weighted by atomic mass is 16.5. The van der Waals surface area contributed by atoms with Gasteiger partial charge >= 0.3 is 6.03 Å². The van der Waals surface area contributed by atoms with Gasteiger partial charge in [0.15, 0.2) is 11.5 Å². The fourth-order valence-corrected chi connectivity index (χ4v) is 4.78. The Bertz CT molecular complexity index is 789. The maximum Gasteiger partial charge on any atom is 0.326 e. The second-order valence-corrected chi connectivity index (χ2v) is 8.18. The zero-order valence-electron chi connectivity index (χ0n) is 17.5. The van der Waals surface area contributed by atoms with Gasteiger partial charge < -0.3 is 14.8 Å². The highest BCUT2D eigenvalue weighted by Crippen LogP contribution is 2.36. The van der Waals surface area contributed by atoms with Gasteiger partial charge in [0.25, 0.3) is 5.91 Å². The van der Waals surface area contributed by atoms with Crippen LogP contribution in [0.3, 0.4) is 0 Å². The van der Waals surface area contributed by atoms with Gasteiger partial charge in [0.05, 0.1) is 19.9 Å². The molecule has 0 bridgehead atoms. The number of carbonyl (C=O) groups is 2. The van der Waals surface area contributed by atoms with Crippen molar-refractivity contribution in [2.24, 2.45) is 0 Å². The fraction of sp³-hybridized carbons (Fsp3) is 0.636. The van der Waals surface area contributed by atoms with Gasteiger partial charge in [0, 0.05) is 13.1 Å². The molecule has 7 nitrogen and oxygen atoms in total. The van der Waals surface area contributed by atoms with Gasteiger partial charge in [-0.2, -0.15) is 0 Å².